The minimum absolute atomic E-state index is 0.0529. The molecule has 1 fully saturated rings. The zero-order valence-electron chi connectivity index (χ0n) is 18.0. The second-order valence-electron chi connectivity index (χ2n) is 7.31. The van der Waals surface area contributed by atoms with Crippen molar-refractivity contribution >= 4 is 35.2 Å². The van der Waals surface area contributed by atoms with Gasteiger partial charge >= 0.3 is 0 Å². The molecule has 2 heterocycles. The number of imide groups is 1. The number of carbonyl (C=O) groups excluding carboxylic acids is 3. The molecule has 1 saturated heterocycles. The average Bonchev–Trinajstić information content (AvgIpc) is 3.15. The maximum atomic E-state index is 13.3. The van der Waals surface area contributed by atoms with E-state index in [0.29, 0.717) is 16.6 Å². The van der Waals surface area contributed by atoms with Crippen molar-refractivity contribution in [2.24, 2.45) is 0 Å². The Hall–Kier alpha value is -3.72. The van der Waals surface area contributed by atoms with Gasteiger partial charge in [0.15, 0.2) is 5.16 Å². The number of ether oxygens (including phenoxy) is 1. The number of hydrogen-bond donors (Lipinski definition) is 0. The molecule has 1 aromatic heterocycles. The summed E-state index contributed by atoms with van der Waals surface area (Å²) >= 11 is 1.19. The number of hydrogen-bond acceptors (Lipinski definition) is 7. The Bertz CT molecular complexity index is 1130. The maximum absolute atomic E-state index is 13.3. The van der Waals surface area contributed by atoms with E-state index in [1.807, 2.05) is 30.3 Å². The lowest BCUT2D eigenvalue weighted by Crippen LogP contribution is -2.45. The molecule has 3 amide bonds. The summed E-state index contributed by atoms with van der Waals surface area (Å²) in [6, 6.07) is 16.9. The third-order valence-electron chi connectivity index (χ3n) is 5.21. The Balaban J connectivity index is 1.56. The largest absolute Gasteiger partial charge is 0.497 e. The molecule has 1 atom stereocenters. The lowest BCUT2D eigenvalue weighted by atomic mass is 10.1. The maximum Gasteiger partial charge on any atom is 0.257 e. The van der Waals surface area contributed by atoms with Crippen molar-refractivity contribution in [2.75, 3.05) is 17.8 Å². The predicted molar refractivity (Wildman–Crippen MR) is 124 cm³/mol. The summed E-state index contributed by atoms with van der Waals surface area (Å²) < 4.78 is 5.15. The first-order valence-electron chi connectivity index (χ1n) is 10.3. The molecule has 3 aromatic rings. The standard InChI is InChI=1S/C24H22N4O4S/c1-32-19-10-8-18(9-11-19)28-21(29)14-20(23(28)31)27(15-17-6-3-2-4-7-17)22(30)16-33-24-25-12-5-13-26-24/h2-13,20H,14-16H2,1H3. The van der Waals surface area contributed by atoms with Crippen molar-refractivity contribution in [3.8, 4) is 5.75 Å². The van der Waals surface area contributed by atoms with Gasteiger partial charge in [-0.3, -0.25) is 14.4 Å². The molecular formula is C24H22N4O4S. The van der Waals surface area contributed by atoms with Crippen molar-refractivity contribution < 1.29 is 19.1 Å². The van der Waals surface area contributed by atoms with Crippen molar-refractivity contribution in [1.29, 1.82) is 0 Å². The van der Waals surface area contributed by atoms with Crippen molar-refractivity contribution in [3.63, 3.8) is 0 Å². The van der Waals surface area contributed by atoms with Gasteiger partial charge in [-0.25, -0.2) is 14.9 Å². The highest BCUT2D eigenvalue weighted by Crippen LogP contribution is 2.29. The lowest BCUT2D eigenvalue weighted by Gasteiger charge is -2.27. The third kappa shape index (κ3) is 5.20. The first kappa shape index (κ1) is 22.5. The Morgan fingerprint density at radius 2 is 1.76 bits per heavy atom. The molecule has 0 saturated carbocycles. The van der Waals surface area contributed by atoms with Gasteiger partial charge in [0.25, 0.3) is 5.91 Å². The fourth-order valence-electron chi connectivity index (χ4n) is 3.58. The number of thioether (sulfide) groups is 1. The number of aromatic nitrogens is 2. The van der Waals surface area contributed by atoms with E-state index in [9.17, 15) is 14.4 Å². The van der Waals surface area contributed by atoms with Gasteiger partial charge in [-0.05, 0) is 35.9 Å². The fourth-order valence-corrected chi connectivity index (χ4v) is 4.27. The number of anilines is 1. The molecular weight excluding hydrogens is 440 g/mol. The molecule has 0 radical (unpaired) electrons. The molecule has 0 aliphatic carbocycles. The highest BCUT2D eigenvalue weighted by molar-refractivity contribution is 7.99. The molecule has 2 aromatic carbocycles. The van der Waals surface area contributed by atoms with Crippen LogP contribution in [0.15, 0.2) is 78.2 Å². The highest BCUT2D eigenvalue weighted by atomic mass is 32.2. The SMILES string of the molecule is COc1ccc(N2C(=O)CC(N(Cc3ccccc3)C(=O)CSc3ncccn3)C2=O)cc1. The van der Waals surface area contributed by atoms with E-state index in [0.717, 1.165) is 10.5 Å². The van der Waals surface area contributed by atoms with E-state index in [1.165, 1.54) is 16.7 Å². The topological polar surface area (TPSA) is 92.7 Å². The van der Waals surface area contributed by atoms with Crippen LogP contribution in [0, 0.1) is 0 Å². The predicted octanol–water partition coefficient (Wildman–Crippen LogP) is 2.94. The first-order chi connectivity index (χ1) is 16.1. The number of nitrogens with zero attached hydrogens (tertiary/aromatic N) is 4. The molecule has 4 rings (SSSR count). The molecule has 0 bridgehead atoms. The van der Waals surface area contributed by atoms with E-state index in [-0.39, 0.29) is 30.5 Å². The summed E-state index contributed by atoms with van der Waals surface area (Å²) in [6.45, 7) is 0.218. The van der Waals surface area contributed by atoms with Gasteiger partial charge in [0, 0.05) is 18.9 Å². The van der Waals surface area contributed by atoms with E-state index >= 15 is 0 Å². The van der Waals surface area contributed by atoms with Crippen molar-refractivity contribution in [1.82, 2.24) is 14.9 Å². The van der Waals surface area contributed by atoms with E-state index in [1.54, 1.807) is 49.8 Å². The van der Waals surface area contributed by atoms with Gasteiger partial charge in [0.05, 0.1) is 25.0 Å². The molecule has 8 nitrogen and oxygen atoms in total. The van der Waals surface area contributed by atoms with Crippen LogP contribution in [-0.4, -0.2) is 51.5 Å². The Kier molecular flexibility index (Phi) is 6.99. The normalized spacial score (nSPS) is 15.5. The summed E-state index contributed by atoms with van der Waals surface area (Å²) in [5.41, 5.74) is 1.32. The van der Waals surface area contributed by atoms with Crippen LogP contribution in [0.3, 0.4) is 0 Å². The van der Waals surface area contributed by atoms with Gasteiger partial charge in [0.2, 0.25) is 11.8 Å². The second-order valence-corrected chi connectivity index (χ2v) is 8.26. The molecule has 1 unspecified atom stereocenters. The Morgan fingerprint density at radius 1 is 1.06 bits per heavy atom. The first-order valence-corrected chi connectivity index (χ1v) is 11.3. The molecule has 1 aliphatic heterocycles. The average molecular weight is 463 g/mol. The zero-order valence-corrected chi connectivity index (χ0v) is 18.8. The fraction of sp³-hybridized carbons (Fsp3) is 0.208. The Labute approximate surface area is 195 Å². The van der Waals surface area contributed by atoms with Crippen LogP contribution in [-0.2, 0) is 20.9 Å². The van der Waals surface area contributed by atoms with E-state index in [2.05, 4.69) is 9.97 Å². The number of methoxy groups -OCH3 is 1. The minimum Gasteiger partial charge on any atom is -0.497 e. The molecule has 0 spiro atoms. The van der Waals surface area contributed by atoms with Crippen LogP contribution in [0.1, 0.15) is 12.0 Å². The summed E-state index contributed by atoms with van der Waals surface area (Å²) in [4.78, 5) is 50.3. The second kappa shape index (κ2) is 10.3. The monoisotopic (exact) mass is 462 g/mol. The Morgan fingerprint density at radius 3 is 2.42 bits per heavy atom. The van der Waals surface area contributed by atoms with E-state index < -0.39 is 11.9 Å². The zero-order chi connectivity index (χ0) is 23.2. The van der Waals surface area contributed by atoms with Crippen LogP contribution in [0.25, 0.3) is 0 Å². The third-order valence-corrected chi connectivity index (χ3v) is 6.07. The summed E-state index contributed by atoms with van der Waals surface area (Å²) in [5, 5.41) is 0.471. The highest BCUT2D eigenvalue weighted by Gasteiger charge is 2.44. The smallest absolute Gasteiger partial charge is 0.257 e. The van der Waals surface area contributed by atoms with Crippen LogP contribution in [0.5, 0.6) is 5.75 Å². The van der Waals surface area contributed by atoms with Gasteiger partial charge in [-0.15, -0.1) is 0 Å². The minimum atomic E-state index is -0.885. The van der Waals surface area contributed by atoms with Gasteiger partial charge < -0.3 is 9.64 Å². The van der Waals surface area contributed by atoms with Crippen LogP contribution >= 0.6 is 11.8 Å². The van der Waals surface area contributed by atoms with Gasteiger partial charge in [-0.1, -0.05) is 42.1 Å². The van der Waals surface area contributed by atoms with E-state index in [4.69, 9.17) is 4.74 Å². The number of benzene rings is 2. The van der Waals surface area contributed by atoms with Crippen molar-refractivity contribution in [2.45, 2.75) is 24.2 Å². The molecule has 0 N–H and O–H groups in total. The van der Waals surface area contributed by atoms with Gasteiger partial charge in [0.1, 0.15) is 11.8 Å². The number of amides is 3. The molecule has 33 heavy (non-hydrogen) atoms. The summed E-state index contributed by atoms with van der Waals surface area (Å²) in [7, 11) is 1.54. The van der Waals surface area contributed by atoms with Crippen molar-refractivity contribution in [3.05, 3.63) is 78.6 Å². The summed E-state index contributed by atoms with van der Waals surface area (Å²) in [6.07, 6.45) is 3.14. The van der Waals surface area contributed by atoms with Crippen LogP contribution in [0.2, 0.25) is 0 Å². The molecule has 168 valence electrons. The molecule has 1 aliphatic rings. The quantitative estimate of drug-likeness (QED) is 0.289. The summed E-state index contributed by atoms with van der Waals surface area (Å²) in [5.74, 6) is -0.359. The van der Waals surface area contributed by atoms with Crippen LogP contribution < -0.4 is 9.64 Å². The number of rotatable bonds is 8. The van der Waals surface area contributed by atoms with Crippen LogP contribution in [0.4, 0.5) is 5.69 Å². The number of carbonyl (C=O) groups is 3. The lowest BCUT2D eigenvalue weighted by molar-refractivity contribution is -0.136. The van der Waals surface area contributed by atoms with Gasteiger partial charge in [-0.2, -0.15) is 0 Å². The molecule has 9 heteroatoms.